The molecule has 1 aromatic heterocycles. The highest BCUT2D eigenvalue weighted by Gasteiger charge is 2.20. The molecular formula is C16H25N3O2. The number of aliphatic hydroxyl groups excluding tert-OH is 1. The molecule has 0 fully saturated rings. The van der Waals surface area contributed by atoms with Crippen molar-refractivity contribution in [2.45, 2.75) is 32.9 Å². The number of hydrogen-bond donors (Lipinski definition) is 1. The minimum absolute atomic E-state index is 0.107. The second-order valence-corrected chi connectivity index (χ2v) is 5.32. The molecule has 5 heteroatoms. The van der Waals surface area contributed by atoms with E-state index >= 15 is 0 Å². The number of imidazole rings is 1. The number of ether oxygens (including phenoxy) is 1. The normalized spacial score (nSPS) is 13.0. The van der Waals surface area contributed by atoms with Crippen LogP contribution in [0.3, 0.4) is 0 Å². The van der Waals surface area contributed by atoms with Crippen LogP contribution in [0.4, 0.5) is 0 Å². The van der Waals surface area contributed by atoms with Gasteiger partial charge in [-0.05, 0) is 39.6 Å². The lowest BCUT2D eigenvalue weighted by atomic mass is 10.2. The third-order valence-corrected chi connectivity index (χ3v) is 3.69. The molecule has 0 bridgehead atoms. The molecule has 1 unspecified atom stereocenters. The van der Waals surface area contributed by atoms with Crippen LogP contribution < -0.4 is 4.74 Å². The number of nitrogens with zero attached hydrogens (tertiary/aromatic N) is 3. The van der Waals surface area contributed by atoms with E-state index in [0.717, 1.165) is 29.0 Å². The van der Waals surface area contributed by atoms with Crippen LogP contribution in [-0.4, -0.2) is 46.9 Å². The monoisotopic (exact) mass is 291 g/mol. The Morgan fingerprint density at radius 1 is 1.33 bits per heavy atom. The first kappa shape index (κ1) is 15.8. The zero-order chi connectivity index (χ0) is 15.4. The molecule has 21 heavy (non-hydrogen) atoms. The van der Waals surface area contributed by atoms with Gasteiger partial charge in [-0.3, -0.25) is 4.90 Å². The Morgan fingerprint density at radius 2 is 2.10 bits per heavy atom. The smallest absolute Gasteiger partial charge is 0.127 e. The fourth-order valence-electron chi connectivity index (χ4n) is 2.75. The SMILES string of the molecule is CCOc1ccc2c(c1)nc(C(CC)N(C)C)n2CCO. The van der Waals surface area contributed by atoms with Crippen molar-refractivity contribution in [3.05, 3.63) is 24.0 Å². The van der Waals surface area contributed by atoms with Crippen LogP contribution in [0.5, 0.6) is 5.75 Å². The number of aromatic nitrogens is 2. The van der Waals surface area contributed by atoms with Crippen molar-refractivity contribution in [2.24, 2.45) is 0 Å². The van der Waals surface area contributed by atoms with Crippen LogP contribution in [0, 0.1) is 0 Å². The molecule has 116 valence electrons. The van der Waals surface area contributed by atoms with E-state index in [9.17, 15) is 5.11 Å². The van der Waals surface area contributed by atoms with Crippen molar-refractivity contribution in [3.63, 3.8) is 0 Å². The summed E-state index contributed by atoms with van der Waals surface area (Å²) >= 11 is 0. The average molecular weight is 291 g/mol. The Balaban J connectivity index is 2.55. The first-order valence-electron chi connectivity index (χ1n) is 7.52. The highest BCUT2D eigenvalue weighted by Crippen LogP contribution is 2.28. The number of hydrogen-bond acceptors (Lipinski definition) is 4. The molecule has 0 spiro atoms. The Bertz CT molecular complexity index is 592. The van der Waals surface area contributed by atoms with E-state index in [0.29, 0.717) is 13.2 Å². The van der Waals surface area contributed by atoms with Gasteiger partial charge in [0.15, 0.2) is 0 Å². The molecule has 0 amide bonds. The van der Waals surface area contributed by atoms with Gasteiger partial charge in [-0.1, -0.05) is 6.92 Å². The summed E-state index contributed by atoms with van der Waals surface area (Å²) in [6.45, 7) is 5.43. The molecule has 2 rings (SSSR count). The van der Waals surface area contributed by atoms with Gasteiger partial charge in [-0.25, -0.2) is 4.98 Å². The zero-order valence-corrected chi connectivity index (χ0v) is 13.3. The molecule has 2 aromatic rings. The number of fused-ring (bicyclic) bond motifs is 1. The Labute approximate surface area is 126 Å². The Kier molecular flexibility index (Phi) is 5.20. The van der Waals surface area contributed by atoms with E-state index in [1.54, 1.807) is 0 Å². The van der Waals surface area contributed by atoms with Crippen molar-refractivity contribution in [3.8, 4) is 5.75 Å². The predicted molar refractivity (Wildman–Crippen MR) is 84.7 cm³/mol. The molecule has 1 atom stereocenters. The lowest BCUT2D eigenvalue weighted by molar-refractivity contribution is 0.251. The van der Waals surface area contributed by atoms with Crippen LogP contribution in [-0.2, 0) is 6.54 Å². The van der Waals surface area contributed by atoms with E-state index < -0.39 is 0 Å². The summed E-state index contributed by atoms with van der Waals surface area (Å²) in [6.07, 6.45) is 0.972. The second-order valence-electron chi connectivity index (χ2n) is 5.32. The summed E-state index contributed by atoms with van der Waals surface area (Å²) in [5, 5.41) is 9.37. The van der Waals surface area contributed by atoms with Gasteiger partial charge in [0.2, 0.25) is 0 Å². The fourth-order valence-corrected chi connectivity index (χ4v) is 2.75. The molecule has 0 aliphatic heterocycles. The maximum absolute atomic E-state index is 9.37. The number of benzene rings is 1. The third kappa shape index (κ3) is 3.19. The summed E-state index contributed by atoms with van der Waals surface area (Å²) in [6, 6.07) is 6.19. The predicted octanol–water partition coefficient (Wildman–Crippen LogP) is 2.44. The van der Waals surface area contributed by atoms with Gasteiger partial charge in [0.1, 0.15) is 11.6 Å². The van der Waals surface area contributed by atoms with E-state index in [4.69, 9.17) is 9.72 Å². The van der Waals surface area contributed by atoms with E-state index in [1.807, 2.05) is 25.1 Å². The number of rotatable bonds is 7. The third-order valence-electron chi connectivity index (χ3n) is 3.69. The first-order chi connectivity index (χ1) is 10.1. The molecule has 1 heterocycles. The van der Waals surface area contributed by atoms with E-state index in [1.165, 1.54) is 0 Å². The molecule has 0 aliphatic rings. The van der Waals surface area contributed by atoms with Crippen LogP contribution in [0.1, 0.15) is 32.1 Å². The van der Waals surface area contributed by atoms with Gasteiger partial charge in [0, 0.05) is 12.6 Å². The van der Waals surface area contributed by atoms with Gasteiger partial charge in [0.05, 0.1) is 30.3 Å². The average Bonchev–Trinajstić information content (AvgIpc) is 2.78. The topological polar surface area (TPSA) is 50.5 Å². The summed E-state index contributed by atoms with van der Waals surface area (Å²) < 4.78 is 7.66. The van der Waals surface area contributed by atoms with Gasteiger partial charge in [0.25, 0.3) is 0 Å². The maximum Gasteiger partial charge on any atom is 0.127 e. The standard InChI is InChI=1S/C16H25N3O2/c1-5-14(18(3)4)16-17-13-11-12(21-6-2)7-8-15(13)19(16)9-10-20/h7-8,11,14,20H,5-6,9-10H2,1-4H3. The highest BCUT2D eigenvalue weighted by molar-refractivity contribution is 5.78. The van der Waals surface area contributed by atoms with Gasteiger partial charge < -0.3 is 14.4 Å². The van der Waals surface area contributed by atoms with E-state index in [-0.39, 0.29) is 12.6 Å². The Morgan fingerprint density at radius 3 is 2.67 bits per heavy atom. The summed E-state index contributed by atoms with van der Waals surface area (Å²) in [4.78, 5) is 6.96. The molecule has 0 aliphatic carbocycles. The molecule has 0 radical (unpaired) electrons. The van der Waals surface area contributed by atoms with Crippen LogP contribution in [0.15, 0.2) is 18.2 Å². The first-order valence-corrected chi connectivity index (χ1v) is 7.52. The van der Waals surface area contributed by atoms with Crippen LogP contribution in [0.2, 0.25) is 0 Å². The zero-order valence-electron chi connectivity index (χ0n) is 13.3. The molecule has 5 nitrogen and oxygen atoms in total. The van der Waals surface area contributed by atoms with Gasteiger partial charge in [-0.2, -0.15) is 0 Å². The van der Waals surface area contributed by atoms with Crippen LogP contribution in [0.25, 0.3) is 11.0 Å². The Hall–Kier alpha value is -1.59. The number of aliphatic hydroxyl groups is 1. The second kappa shape index (κ2) is 6.91. The lowest BCUT2D eigenvalue weighted by Crippen LogP contribution is -2.23. The van der Waals surface area contributed by atoms with Crippen LogP contribution >= 0.6 is 0 Å². The van der Waals surface area contributed by atoms with Crippen molar-refractivity contribution >= 4 is 11.0 Å². The van der Waals surface area contributed by atoms with Crippen molar-refractivity contribution in [2.75, 3.05) is 27.3 Å². The molecule has 0 saturated heterocycles. The van der Waals surface area contributed by atoms with Crippen molar-refractivity contribution in [1.29, 1.82) is 0 Å². The highest BCUT2D eigenvalue weighted by atomic mass is 16.5. The van der Waals surface area contributed by atoms with E-state index in [2.05, 4.69) is 30.5 Å². The molecule has 0 saturated carbocycles. The summed E-state index contributed by atoms with van der Waals surface area (Å²) in [5.41, 5.74) is 1.97. The fraction of sp³-hybridized carbons (Fsp3) is 0.562. The quantitative estimate of drug-likeness (QED) is 0.851. The molecule has 1 aromatic carbocycles. The minimum Gasteiger partial charge on any atom is -0.494 e. The largest absolute Gasteiger partial charge is 0.494 e. The van der Waals surface area contributed by atoms with Crippen molar-refractivity contribution < 1.29 is 9.84 Å². The summed E-state index contributed by atoms with van der Waals surface area (Å²) in [5.74, 6) is 1.84. The van der Waals surface area contributed by atoms with Gasteiger partial charge in [-0.15, -0.1) is 0 Å². The van der Waals surface area contributed by atoms with Gasteiger partial charge >= 0.3 is 0 Å². The summed E-state index contributed by atoms with van der Waals surface area (Å²) in [7, 11) is 4.12. The lowest BCUT2D eigenvalue weighted by Gasteiger charge is -2.23. The molecule has 1 N–H and O–H groups in total. The minimum atomic E-state index is 0.107. The molecular weight excluding hydrogens is 266 g/mol. The van der Waals surface area contributed by atoms with Crippen molar-refractivity contribution in [1.82, 2.24) is 14.5 Å². The maximum atomic E-state index is 9.37.